The lowest BCUT2D eigenvalue weighted by Crippen LogP contribution is -2.01. The van der Waals surface area contributed by atoms with Gasteiger partial charge < -0.3 is 14.8 Å². The highest BCUT2D eigenvalue weighted by Crippen LogP contribution is 2.31. The summed E-state index contributed by atoms with van der Waals surface area (Å²) in [4.78, 5) is 19.5. The number of aromatic nitrogens is 2. The number of hydrogen-bond acceptors (Lipinski definition) is 7. The Labute approximate surface area is 162 Å². The number of benzene rings is 2. The van der Waals surface area contributed by atoms with Gasteiger partial charge in [0.2, 0.25) is 0 Å². The summed E-state index contributed by atoms with van der Waals surface area (Å²) in [6.45, 7) is 2.00. The maximum Gasteiger partial charge on any atom is 0.269 e. The van der Waals surface area contributed by atoms with Gasteiger partial charge in [-0.05, 0) is 30.7 Å². The zero-order chi connectivity index (χ0) is 20.1. The molecule has 28 heavy (non-hydrogen) atoms. The Hall–Kier alpha value is -3.68. The Bertz CT molecular complexity index is 990. The number of ether oxygens (including phenoxy) is 2. The van der Waals surface area contributed by atoms with Gasteiger partial charge in [0.25, 0.3) is 5.69 Å². The number of nitrogens with one attached hydrogen (secondary N) is 1. The lowest BCUT2D eigenvalue weighted by molar-refractivity contribution is -0.384. The molecule has 3 rings (SSSR count). The Kier molecular flexibility index (Phi) is 5.69. The number of aryl methyl sites for hydroxylation is 1. The Morgan fingerprint density at radius 3 is 2.32 bits per heavy atom. The second kappa shape index (κ2) is 8.34. The average Bonchev–Trinajstić information content (AvgIpc) is 2.73. The number of non-ortho nitro benzene ring substituents is 1. The molecule has 0 aliphatic rings. The summed E-state index contributed by atoms with van der Waals surface area (Å²) in [5.74, 6) is 2.36. The maximum absolute atomic E-state index is 10.8. The first kappa shape index (κ1) is 19.1. The first-order chi connectivity index (χ1) is 13.5. The molecule has 8 heteroatoms. The van der Waals surface area contributed by atoms with E-state index >= 15 is 0 Å². The quantitative estimate of drug-likeness (QED) is 0.480. The molecule has 0 spiro atoms. The van der Waals surface area contributed by atoms with Crippen molar-refractivity contribution in [1.82, 2.24) is 9.97 Å². The van der Waals surface area contributed by atoms with E-state index in [9.17, 15) is 10.1 Å². The highest BCUT2D eigenvalue weighted by Gasteiger charge is 2.11. The van der Waals surface area contributed by atoms with Crippen LogP contribution in [0.3, 0.4) is 0 Å². The molecule has 8 nitrogen and oxygen atoms in total. The molecule has 1 N–H and O–H groups in total. The van der Waals surface area contributed by atoms with Crippen molar-refractivity contribution >= 4 is 17.2 Å². The van der Waals surface area contributed by atoms with Crippen LogP contribution in [0.1, 0.15) is 12.6 Å². The smallest absolute Gasteiger partial charge is 0.269 e. The van der Waals surface area contributed by atoms with Gasteiger partial charge in [0.1, 0.15) is 5.82 Å². The van der Waals surface area contributed by atoms with Crippen molar-refractivity contribution in [1.29, 1.82) is 0 Å². The molecule has 0 atom stereocenters. The van der Waals surface area contributed by atoms with Gasteiger partial charge in [0.15, 0.2) is 17.3 Å². The van der Waals surface area contributed by atoms with Gasteiger partial charge in [-0.2, -0.15) is 0 Å². The molecule has 0 radical (unpaired) electrons. The van der Waals surface area contributed by atoms with Crippen molar-refractivity contribution in [2.45, 2.75) is 13.3 Å². The van der Waals surface area contributed by atoms with E-state index in [4.69, 9.17) is 9.47 Å². The van der Waals surface area contributed by atoms with Crippen LogP contribution >= 0.6 is 0 Å². The summed E-state index contributed by atoms with van der Waals surface area (Å²) in [7, 11) is 3.16. The molecule has 1 aromatic heterocycles. The predicted molar refractivity (Wildman–Crippen MR) is 106 cm³/mol. The summed E-state index contributed by atoms with van der Waals surface area (Å²) in [6, 6.07) is 13.5. The van der Waals surface area contributed by atoms with Crippen molar-refractivity contribution in [3.63, 3.8) is 0 Å². The van der Waals surface area contributed by atoms with Crippen LogP contribution < -0.4 is 14.8 Å². The summed E-state index contributed by atoms with van der Waals surface area (Å²) in [5, 5.41) is 14.1. The highest BCUT2D eigenvalue weighted by molar-refractivity contribution is 5.65. The zero-order valence-electron chi connectivity index (χ0n) is 15.8. The van der Waals surface area contributed by atoms with E-state index in [1.807, 2.05) is 25.1 Å². The highest BCUT2D eigenvalue weighted by atomic mass is 16.6. The van der Waals surface area contributed by atoms with Gasteiger partial charge >= 0.3 is 0 Å². The topological polar surface area (TPSA) is 99.4 Å². The van der Waals surface area contributed by atoms with Crippen molar-refractivity contribution in [2.24, 2.45) is 0 Å². The van der Waals surface area contributed by atoms with Crippen LogP contribution in [0, 0.1) is 10.1 Å². The number of rotatable bonds is 7. The van der Waals surface area contributed by atoms with E-state index in [1.165, 1.54) is 12.1 Å². The average molecular weight is 380 g/mol. The fourth-order valence-electron chi connectivity index (χ4n) is 2.67. The van der Waals surface area contributed by atoms with Crippen LogP contribution in [-0.4, -0.2) is 29.1 Å². The molecule has 2 aromatic carbocycles. The third kappa shape index (κ3) is 4.17. The number of anilines is 2. The summed E-state index contributed by atoms with van der Waals surface area (Å²) in [5.41, 5.74) is 2.37. The summed E-state index contributed by atoms with van der Waals surface area (Å²) in [6.07, 6.45) is 0.725. The molecule has 3 aromatic rings. The normalized spacial score (nSPS) is 10.4. The minimum absolute atomic E-state index is 0.0269. The number of nitro benzene ring substituents is 1. The van der Waals surface area contributed by atoms with Crippen molar-refractivity contribution in [3.8, 4) is 22.9 Å². The molecule has 144 valence electrons. The molecule has 0 saturated carbocycles. The Morgan fingerprint density at radius 2 is 1.71 bits per heavy atom. The first-order valence-corrected chi connectivity index (χ1v) is 8.66. The fourth-order valence-corrected chi connectivity index (χ4v) is 2.67. The fraction of sp³-hybridized carbons (Fsp3) is 0.200. The molecule has 0 saturated heterocycles. The molecule has 0 unspecified atom stereocenters. The van der Waals surface area contributed by atoms with Crippen molar-refractivity contribution < 1.29 is 14.4 Å². The zero-order valence-corrected chi connectivity index (χ0v) is 15.8. The van der Waals surface area contributed by atoms with Gasteiger partial charge in [-0.3, -0.25) is 10.1 Å². The van der Waals surface area contributed by atoms with Crippen LogP contribution in [0.2, 0.25) is 0 Å². The number of hydrogen-bond donors (Lipinski definition) is 1. The minimum atomic E-state index is -0.433. The van der Waals surface area contributed by atoms with Crippen LogP contribution in [0.25, 0.3) is 11.4 Å². The van der Waals surface area contributed by atoms with E-state index < -0.39 is 4.92 Å². The van der Waals surface area contributed by atoms with Gasteiger partial charge in [-0.1, -0.05) is 6.92 Å². The molecule has 1 heterocycles. The first-order valence-electron chi connectivity index (χ1n) is 8.66. The van der Waals surface area contributed by atoms with E-state index in [0.717, 1.165) is 17.8 Å². The second-order valence-electron chi connectivity index (χ2n) is 5.92. The number of nitrogens with zero attached hydrogens (tertiary/aromatic N) is 3. The van der Waals surface area contributed by atoms with E-state index in [1.54, 1.807) is 32.4 Å². The monoisotopic (exact) mass is 380 g/mol. The lowest BCUT2D eigenvalue weighted by Gasteiger charge is -2.12. The molecular formula is C20H20N4O4. The molecule has 0 fully saturated rings. The standard InChI is InChI=1S/C20H20N4O4/c1-4-14-12-19(21-15-7-10-17(27-2)18(11-15)28-3)23-20(22-14)13-5-8-16(9-6-13)24(25)26/h5-12H,4H2,1-3H3,(H,21,22,23). The summed E-state index contributed by atoms with van der Waals surface area (Å²) < 4.78 is 10.6. The minimum Gasteiger partial charge on any atom is -0.493 e. The van der Waals surface area contributed by atoms with Crippen molar-refractivity contribution in [2.75, 3.05) is 19.5 Å². The largest absolute Gasteiger partial charge is 0.493 e. The van der Waals surface area contributed by atoms with Crippen molar-refractivity contribution in [3.05, 3.63) is 64.3 Å². The van der Waals surface area contributed by atoms with Gasteiger partial charge in [0.05, 0.1) is 19.1 Å². The molecule has 0 aliphatic carbocycles. The maximum atomic E-state index is 10.8. The predicted octanol–water partition coefficient (Wildman–Crippen LogP) is 4.38. The van der Waals surface area contributed by atoms with Crippen LogP contribution in [0.4, 0.5) is 17.2 Å². The van der Waals surface area contributed by atoms with Gasteiger partial charge in [0, 0.05) is 41.2 Å². The second-order valence-corrected chi connectivity index (χ2v) is 5.92. The molecule has 0 aliphatic heterocycles. The molecule has 0 amide bonds. The third-order valence-electron chi connectivity index (χ3n) is 4.13. The van der Waals surface area contributed by atoms with Gasteiger partial charge in [-0.25, -0.2) is 9.97 Å². The van der Waals surface area contributed by atoms with E-state index in [2.05, 4.69) is 15.3 Å². The van der Waals surface area contributed by atoms with Crippen LogP contribution in [-0.2, 0) is 6.42 Å². The number of methoxy groups -OCH3 is 2. The Balaban J connectivity index is 1.94. The summed E-state index contributed by atoms with van der Waals surface area (Å²) >= 11 is 0. The Morgan fingerprint density at radius 1 is 1.00 bits per heavy atom. The third-order valence-corrected chi connectivity index (χ3v) is 4.13. The molecular weight excluding hydrogens is 360 g/mol. The van der Waals surface area contributed by atoms with Crippen LogP contribution in [0.15, 0.2) is 48.5 Å². The molecule has 0 bridgehead atoms. The van der Waals surface area contributed by atoms with E-state index in [-0.39, 0.29) is 5.69 Å². The number of nitro groups is 1. The van der Waals surface area contributed by atoms with Crippen LogP contribution in [0.5, 0.6) is 11.5 Å². The lowest BCUT2D eigenvalue weighted by atomic mass is 10.2. The van der Waals surface area contributed by atoms with Gasteiger partial charge in [-0.15, -0.1) is 0 Å². The van der Waals surface area contributed by atoms with E-state index in [0.29, 0.717) is 28.7 Å². The SMILES string of the molecule is CCc1cc(Nc2ccc(OC)c(OC)c2)nc(-c2ccc([N+](=O)[O-])cc2)n1.